The number of benzene rings is 1. The van der Waals surface area contributed by atoms with Crippen LogP contribution in [0.3, 0.4) is 0 Å². The molecule has 0 radical (unpaired) electrons. The average molecular weight is 306 g/mol. The van der Waals surface area contributed by atoms with Crippen LogP contribution >= 0.6 is 0 Å². The van der Waals surface area contributed by atoms with E-state index in [1.54, 1.807) is 12.1 Å². The molecular formula is C16H23FN4O. The van der Waals surface area contributed by atoms with Crippen molar-refractivity contribution >= 4 is 5.91 Å². The number of likely N-dealkylation sites (tertiary alicyclic amines) is 1. The molecule has 1 amide bonds. The van der Waals surface area contributed by atoms with E-state index < -0.39 is 0 Å². The molecule has 0 aliphatic carbocycles. The molecular weight excluding hydrogens is 283 g/mol. The number of hydrogen-bond donors (Lipinski definition) is 3. The largest absolute Gasteiger partial charge is 0.338 e. The molecule has 1 aromatic carbocycles. The number of carbonyl (C=O) groups is 1. The van der Waals surface area contributed by atoms with Crippen LogP contribution in [0.5, 0.6) is 0 Å². The van der Waals surface area contributed by atoms with Crippen LogP contribution in [0.2, 0.25) is 0 Å². The lowest BCUT2D eigenvalue weighted by Gasteiger charge is -2.24. The Kier molecular flexibility index (Phi) is 4.42. The van der Waals surface area contributed by atoms with Crippen LogP contribution in [-0.2, 0) is 4.79 Å². The maximum Gasteiger partial charge on any atom is 0.241 e. The third kappa shape index (κ3) is 2.99. The van der Waals surface area contributed by atoms with Crippen molar-refractivity contribution in [2.75, 3.05) is 13.1 Å². The molecule has 3 rings (SSSR count). The summed E-state index contributed by atoms with van der Waals surface area (Å²) in [6.45, 7) is 3.45. The van der Waals surface area contributed by atoms with E-state index >= 15 is 0 Å². The van der Waals surface area contributed by atoms with Crippen molar-refractivity contribution in [3.8, 4) is 0 Å². The highest BCUT2D eigenvalue weighted by molar-refractivity contribution is 5.82. The topological polar surface area (TPSA) is 70.4 Å². The Hall–Kier alpha value is -1.50. The number of rotatable bonds is 3. The molecule has 2 aliphatic rings. The molecule has 1 aromatic rings. The molecule has 5 nitrogen and oxygen atoms in total. The van der Waals surface area contributed by atoms with Crippen LogP contribution in [0.1, 0.15) is 31.4 Å². The summed E-state index contributed by atoms with van der Waals surface area (Å²) in [6, 6.07) is 6.43. The number of amides is 1. The molecule has 120 valence electrons. The van der Waals surface area contributed by atoms with E-state index in [2.05, 4.69) is 17.8 Å². The minimum atomic E-state index is -0.249. The predicted molar refractivity (Wildman–Crippen MR) is 82.2 cm³/mol. The highest BCUT2D eigenvalue weighted by atomic mass is 19.1. The minimum Gasteiger partial charge on any atom is -0.338 e. The van der Waals surface area contributed by atoms with Gasteiger partial charge in [-0.15, -0.1) is 0 Å². The van der Waals surface area contributed by atoms with Gasteiger partial charge in [-0.2, -0.15) is 0 Å². The van der Waals surface area contributed by atoms with Gasteiger partial charge in [0.25, 0.3) is 0 Å². The fourth-order valence-corrected chi connectivity index (χ4v) is 3.45. The first-order valence-corrected chi connectivity index (χ1v) is 7.85. The number of hydrogen-bond acceptors (Lipinski definition) is 4. The van der Waals surface area contributed by atoms with Gasteiger partial charge in [-0.1, -0.05) is 12.1 Å². The number of hydrazine groups is 1. The van der Waals surface area contributed by atoms with Gasteiger partial charge in [-0.25, -0.2) is 15.2 Å². The van der Waals surface area contributed by atoms with E-state index in [-0.39, 0.29) is 29.8 Å². The van der Waals surface area contributed by atoms with Gasteiger partial charge in [0.1, 0.15) is 11.9 Å². The summed E-state index contributed by atoms with van der Waals surface area (Å²) in [6.07, 6.45) is 1.64. The van der Waals surface area contributed by atoms with Crippen LogP contribution in [0, 0.1) is 11.7 Å². The molecule has 0 spiro atoms. The first-order chi connectivity index (χ1) is 10.6. The smallest absolute Gasteiger partial charge is 0.241 e. The van der Waals surface area contributed by atoms with Crippen LogP contribution in [0.4, 0.5) is 4.39 Å². The van der Waals surface area contributed by atoms with Crippen LogP contribution < -0.4 is 16.6 Å². The Bertz CT molecular complexity index is 535. The molecule has 2 aliphatic heterocycles. The van der Waals surface area contributed by atoms with Gasteiger partial charge >= 0.3 is 0 Å². The summed E-state index contributed by atoms with van der Waals surface area (Å²) < 4.78 is 13.0. The van der Waals surface area contributed by atoms with Crippen LogP contribution in [0.25, 0.3) is 0 Å². The van der Waals surface area contributed by atoms with Gasteiger partial charge in [0.05, 0.1) is 0 Å². The van der Waals surface area contributed by atoms with Crippen molar-refractivity contribution in [3.63, 3.8) is 0 Å². The molecule has 4 atom stereocenters. The molecule has 0 bridgehead atoms. The van der Waals surface area contributed by atoms with Gasteiger partial charge in [0.2, 0.25) is 5.91 Å². The second kappa shape index (κ2) is 6.32. The maximum atomic E-state index is 13.0. The van der Waals surface area contributed by atoms with E-state index in [0.717, 1.165) is 18.5 Å². The summed E-state index contributed by atoms with van der Waals surface area (Å²) in [5.41, 5.74) is 12.9. The van der Waals surface area contributed by atoms with Gasteiger partial charge in [-0.05, 0) is 49.9 Å². The van der Waals surface area contributed by atoms with Crippen molar-refractivity contribution < 1.29 is 9.18 Å². The summed E-state index contributed by atoms with van der Waals surface area (Å²) in [7, 11) is 0. The van der Waals surface area contributed by atoms with Gasteiger partial charge in [-0.3, -0.25) is 4.79 Å². The normalized spacial score (nSPS) is 31.7. The Morgan fingerprint density at radius 2 is 2.05 bits per heavy atom. The zero-order chi connectivity index (χ0) is 15.7. The summed E-state index contributed by atoms with van der Waals surface area (Å²) in [5, 5.41) is 0. The highest BCUT2D eigenvalue weighted by Crippen LogP contribution is 2.27. The molecule has 0 saturated carbocycles. The third-order valence-electron chi connectivity index (χ3n) is 4.75. The van der Waals surface area contributed by atoms with E-state index in [9.17, 15) is 9.18 Å². The molecule has 4 N–H and O–H groups in total. The lowest BCUT2D eigenvalue weighted by atomic mass is 10.0. The third-order valence-corrected chi connectivity index (χ3v) is 4.75. The Labute approximate surface area is 130 Å². The molecule has 0 aromatic heterocycles. The Morgan fingerprint density at radius 3 is 2.68 bits per heavy atom. The van der Waals surface area contributed by atoms with Crippen molar-refractivity contribution in [2.45, 2.75) is 37.9 Å². The predicted octanol–water partition coefficient (Wildman–Crippen LogP) is 0.929. The van der Waals surface area contributed by atoms with Crippen molar-refractivity contribution in [1.82, 2.24) is 15.8 Å². The minimum absolute atomic E-state index is 0.0257. The molecule has 22 heavy (non-hydrogen) atoms. The number of nitrogens with one attached hydrogen (secondary N) is 2. The average Bonchev–Trinajstić information content (AvgIpc) is 3.14. The standard InChI is InChI=1S/C16H23FN4O/c1-10-6-11(8-18)9-21(10)16(22)15-7-14(19-20-15)12-2-4-13(17)5-3-12/h2-5,10-11,14-15,19-20H,6-9,18H2,1H3. The summed E-state index contributed by atoms with van der Waals surface area (Å²) in [5.74, 6) is 0.280. The zero-order valence-corrected chi connectivity index (χ0v) is 12.8. The highest BCUT2D eigenvalue weighted by Gasteiger charge is 2.38. The van der Waals surface area contributed by atoms with Gasteiger partial charge in [0, 0.05) is 18.6 Å². The first-order valence-electron chi connectivity index (χ1n) is 7.85. The fraction of sp³-hybridized carbons (Fsp3) is 0.562. The number of nitrogens with zero attached hydrogens (tertiary/aromatic N) is 1. The number of halogens is 1. The quantitative estimate of drug-likeness (QED) is 0.777. The second-order valence-electron chi connectivity index (χ2n) is 6.36. The van der Waals surface area contributed by atoms with E-state index in [0.29, 0.717) is 18.9 Å². The van der Waals surface area contributed by atoms with Crippen molar-refractivity contribution in [2.24, 2.45) is 11.7 Å². The Balaban J connectivity index is 1.62. The number of carbonyl (C=O) groups excluding carboxylic acids is 1. The van der Waals surface area contributed by atoms with Crippen molar-refractivity contribution in [3.05, 3.63) is 35.6 Å². The first kappa shape index (κ1) is 15.4. The Morgan fingerprint density at radius 1 is 1.32 bits per heavy atom. The lowest BCUT2D eigenvalue weighted by molar-refractivity contribution is -0.133. The number of nitrogens with two attached hydrogens (primary N) is 1. The molecule has 2 heterocycles. The van der Waals surface area contributed by atoms with Crippen molar-refractivity contribution in [1.29, 1.82) is 0 Å². The van der Waals surface area contributed by atoms with Crippen LogP contribution in [0.15, 0.2) is 24.3 Å². The van der Waals surface area contributed by atoms with E-state index in [1.165, 1.54) is 12.1 Å². The maximum absolute atomic E-state index is 13.0. The second-order valence-corrected chi connectivity index (χ2v) is 6.36. The fourth-order valence-electron chi connectivity index (χ4n) is 3.45. The van der Waals surface area contributed by atoms with E-state index in [1.807, 2.05) is 4.90 Å². The van der Waals surface area contributed by atoms with Crippen LogP contribution in [-0.4, -0.2) is 36.0 Å². The zero-order valence-electron chi connectivity index (χ0n) is 12.8. The summed E-state index contributed by atoms with van der Waals surface area (Å²) in [4.78, 5) is 14.6. The molecule has 6 heteroatoms. The SMILES string of the molecule is CC1CC(CN)CN1C(=O)C1CC(c2ccc(F)cc2)NN1. The van der Waals surface area contributed by atoms with E-state index in [4.69, 9.17) is 5.73 Å². The molecule has 2 saturated heterocycles. The van der Waals surface area contributed by atoms with Gasteiger partial charge in [0.15, 0.2) is 0 Å². The summed E-state index contributed by atoms with van der Waals surface area (Å²) >= 11 is 0. The lowest BCUT2D eigenvalue weighted by Crippen LogP contribution is -2.47. The molecule has 4 unspecified atom stereocenters. The van der Waals surface area contributed by atoms with Gasteiger partial charge < -0.3 is 10.6 Å². The monoisotopic (exact) mass is 306 g/mol. The molecule has 2 fully saturated rings.